The third-order valence-electron chi connectivity index (χ3n) is 4.90. The van der Waals surface area contributed by atoms with Crippen LogP contribution < -0.4 is 5.32 Å². The lowest BCUT2D eigenvalue weighted by molar-refractivity contribution is -0.192. The van der Waals surface area contributed by atoms with Gasteiger partial charge in [0.05, 0.1) is 18.7 Å². The smallest absolute Gasteiger partial charge is 0.490 e. The number of phenols is 1. The van der Waals surface area contributed by atoms with Crippen molar-refractivity contribution in [2.24, 2.45) is 5.92 Å². The van der Waals surface area contributed by atoms with Crippen molar-refractivity contribution in [1.82, 2.24) is 10.3 Å². The minimum atomic E-state index is -5.08. The van der Waals surface area contributed by atoms with Gasteiger partial charge in [0.25, 0.3) is 0 Å². The van der Waals surface area contributed by atoms with E-state index in [0.717, 1.165) is 10.9 Å². The van der Waals surface area contributed by atoms with E-state index in [9.17, 15) is 27.9 Å². The summed E-state index contributed by atoms with van der Waals surface area (Å²) in [4.78, 5) is 37.4. The third kappa shape index (κ3) is 7.42. The number of aromatic hydroxyl groups is 1. The highest BCUT2D eigenvalue weighted by atomic mass is 19.4. The molecule has 0 radical (unpaired) electrons. The minimum absolute atomic E-state index is 0.0231. The van der Waals surface area contributed by atoms with Crippen LogP contribution in [-0.2, 0) is 14.3 Å². The van der Waals surface area contributed by atoms with E-state index in [2.05, 4.69) is 10.3 Å². The van der Waals surface area contributed by atoms with Gasteiger partial charge < -0.3 is 20.3 Å². The van der Waals surface area contributed by atoms with Gasteiger partial charge in [-0.2, -0.15) is 13.2 Å². The molecule has 8 nitrogen and oxygen atoms in total. The number of esters is 1. The number of carboxylic acids is 1. The maximum Gasteiger partial charge on any atom is 0.490 e. The van der Waals surface area contributed by atoms with Crippen molar-refractivity contribution in [2.45, 2.75) is 32.5 Å². The standard InChI is InChI=1S/C23H24N2O4.C2HF3O2/c1-14(2)13-19(26)25-20(16-6-8-17(9-7-16)23(28)29-3)18-11-10-15-5-4-12-24-21(15)22(18)27;3-2(4,5)1(6)7/h4-12,14,20,27H,13H2,1-3H3,(H,25,26);(H,6,7). The first-order chi connectivity index (χ1) is 16.8. The average Bonchev–Trinajstić information content (AvgIpc) is 2.82. The highest BCUT2D eigenvalue weighted by molar-refractivity contribution is 5.89. The van der Waals surface area contributed by atoms with Crippen LogP contribution in [0.3, 0.4) is 0 Å². The number of ether oxygens (including phenoxy) is 1. The highest BCUT2D eigenvalue weighted by Crippen LogP contribution is 2.34. The minimum Gasteiger partial charge on any atom is -0.505 e. The second-order valence-corrected chi connectivity index (χ2v) is 8.09. The van der Waals surface area contributed by atoms with E-state index in [-0.39, 0.29) is 17.6 Å². The molecule has 1 atom stereocenters. The van der Waals surface area contributed by atoms with Gasteiger partial charge in [-0.05, 0) is 29.7 Å². The fraction of sp³-hybridized carbons (Fsp3) is 0.280. The van der Waals surface area contributed by atoms with Crippen LogP contribution in [0.2, 0.25) is 0 Å². The summed E-state index contributed by atoms with van der Waals surface area (Å²) in [6, 6.07) is 13.5. The summed E-state index contributed by atoms with van der Waals surface area (Å²) >= 11 is 0. The number of hydrogen-bond acceptors (Lipinski definition) is 6. The molecule has 0 aliphatic rings. The Bertz CT molecular complexity index is 1230. The first-order valence-electron chi connectivity index (χ1n) is 10.7. The maximum absolute atomic E-state index is 12.5. The monoisotopic (exact) mass is 506 g/mol. The first-order valence-corrected chi connectivity index (χ1v) is 10.7. The Morgan fingerprint density at radius 2 is 1.67 bits per heavy atom. The number of aliphatic carboxylic acids is 1. The number of carbonyl (C=O) groups excluding carboxylic acids is 2. The summed E-state index contributed by atoms with van der Waals surface area (Å²) in [7, 11) is 1.32. The number of aromatic nitrogens is 1. The molecule has 11 heteroatoms. The summed E-state index contributed by atoms with van der Waals surface area (Å²) in [5.74, 6) is -3.09. The number of benzene rings is 2. The van der Waals surface area contributed by atoms with Crippen molar-refractivity contribution in [3.05, 3.63) is 71.4 Å². The quantitative estimate of drug-likeness (QED) is 0.417. The fourth-order valence-corrected chi connectivity index (χ4v) is 3.24. The Kier molecular flexibility index (Phi) is 9.37. The molecular formula is C25H25F3N2O6. The van der Waals surface area contributed by atoms with Gasteiger partial charge in [0, 0.05) is 23.6 Å². The largest absolute Gasteiger partial charge is 0.505 e. The van der Waals surface area contributed by atoms with Crippen molar-refractivity contribution in [2.75, 3.05) is 7.11 Å². The van der Waals surface area contributed by atoms with Crippen LogP contribution in [0, 0.1) is 5.92 Å². The zero-order valence-electron chi connectivity index (χ0n) is 19.7. The molecule has 192 valence electrons. The molecule has 1 heterocycles. The number of halogens is 3. The molecule has 0 saturated heterocycles. The third-order valence-corrected chi connectivity index (χ3v) is 4.90. The number of pyridine rings is 1. The number of methoxy groups -OCH3 is 1. The number of fused-ring (bicyclic) bond motifs is 1. The molecule has 1 amide bonds. The number of hydrogen-bond donors (Lipinski definition) is 3. The number of carbonyl (C=O) groups is 3. The van der Waals surface area contributed by atoms with Crippen molar-refractivity contribution in [3.8, 4) is 5.75 Å². The zero-order valence-corrected chi connectivity index (χ0v) is 19.7. The van der Waals surface area contributed by atoms with E-state index in [0.29, 0.717) is 23.1 Å². The lowest BCUT2D eigenvalue weighted by atomic mass is 9.95. The maximum atomic E-state index is 12.5. The lowest BCUT2D eigenvalue weighted by Gasteiger charge is -2.22. The van der Waals surface area contributed by atoms with E-state index in [1.54, 1.807) is 42.6 Å². The molecule has 0 aliphatic heterocycles. The van der Waals surface area contributed by atoms with Gasteiger partial charge in [-0.1, -0.05) is 44.2 Å². The van der Waals surface area contributed by atoms with Crippen molar-refractivity contribution < 1.29 is 42.5 Å². The number of phenolic OH excluding ortho intramolecular Hbond substituents is 1. The van der Waals surface area contributed by atoms with E-state index in [1.807, 2.05) is 26.0 Å². The van der Waals surface area contributed by atoms with Crippen molar-refractivity contribution in [1.29, 1.82) is 0 Å². The fourth-order valence-electron chi connectivity index (χ4n) is 3.24. The predicted octanol–water partition coefficient (Wildman–Crippen LogP) is 4.61. The summed E-state index contributed by atoms with van der Waals surface area (Å²) in [5.41, 5.74) is 2.16. The number of carboxylic acid groups (broad SMARTS) is 1. The van der Waals surface area contributed by atoms with E-state index in [1.165, 1.54) is 7.11 Å². The van der Waals surface area contributed by atoms with Crippen LogP contribution in [0.4, 0.5) is 13.2 Å². The molecule has 3 rings (SSSR count). The van der Waals surface area contributed by atoms with E-state index >= 15 is 0 Å². The molecule has 3 aromatic rings. The van der Waals surface area contributed by atoms with Gasteiger partial charge in [-0.15, -0.1) is 0 Å². The van der Waals surface area contributed by atoms with Gasteiger partial charge in [0.15, 0.2) is 0 Å². The van der Waals surface area contributed by atoms with Crippen molar-refractivity contribution in [3.63, 3.8) is 0 Å². The van der Waals surface area contributed by atoms with Crippen LogP contribution in [0.15, 0.2) is 54.7 Å². The summed E-state index contributed by atoms with van der Waals surface area (Å²) in [6.45, 7) is 3.94. The normalized spacial score (nSPS) is 11.9. The Hall–Kier alpha value is -4.15. The van der Waals surface area contributed by atoms with Gasteiger partial charge >= 0.3 is 18.1 Å². The van der Waals surface area contributed by atoms with E-state index in [4.69, 9.17) is 14.6 Å². The molecule has 0 aliphatic carbocycles. The topological polar surface area (TPSA) is 126 Å². The number of nitrogens with one attached hydrogen (secondary N) is 1. The molecular weight excluding hydrogens is 481 g/mol. The molecule has 0 spiro atoms. The zero-order chi connectivity index (χ0) is 27.0. The Labute approximate surface area is 204 Å². The van der Waals surface area contributed by atoms with Gasteiger partial charge in [0.1, 0.15) is 11.3 Å². The molecule has 1 unspecified atom stereocenters. The molecule has 0 saturated carbocycles. The van der Waals surface area contributed by atoms with Gasteiger partial charge in [0.2, 0.25) is 5.91 Å². The number of rotatable bonds is 6. The van der Waals surface area contributed by atoms with E-state index < -0.39 is 24.2 Å². The van der Waals surface area contributed by atoms with Gasteiger partial charge in [-0.3, -0.25) is 9.78 Å². The van der Waals surface area contributed by atoms with Crippen LogP contribution in [0.1, 0.15) is 47.8 Å². The SMILES string of the molecule is COC(=O)c1ccc(C(NC(=O)CC(C)C)c2ccc3cccnc3c2O)cc1.O=C(O)C(F)(F)F. The molecule has 1 aromatic heterocycles. The Morgan fingerprint density at radius 3 is 2.19 bits per heavy atom. The number of alkyl halides is 3. The summed E-state index contributed by atoms with van der Waals surface area (Å²) in [6.07, 6.45) is -3.10. The van der Waals surface area contributed by atoms with Crippen molar-refractivity contribution >= 4 is 28.7 Å². The molecule has 0 bridgehead atoms. The first kappa shape index (κ1) is 28.1. The number of amides is 1. The average molecular weight is 506 g/mol. The lowest BCUT2D eigenvalue weighted by Crippen LogP contribution is -2.30. The van der Waals surface area contributed by atoms with Crippen LogP contribution in [0.25, 0.3) is 10.9 Å². The highest BCUT2D eigenvalue weighted by Gasteiger charge is 2.38. The van der Waals surface area contributed by atoms with Crippen LogP contribution in [0.5, 0.6) is 5.75 Å². The second kappa shape index (κ2) is 12.0. The second-order valence-electron chi connectivity index (χ2n) is 8.09. The molecule has 0 fully saturated rings. The predicted molar refractivity (Wildman–Crippen MR) is 124 cm³/mol. The van der Waals surface area contributed by atoms with Gasteiger partial charge in [-0.25, -0.2) is 9.59 Å². The summed E-state index contributed by atoms with van der Waals surface area (Å²) < 4.78 is 36.5. The summed E-state index contributed by atoms with van der Waals surface area (Å²) in [5, 5.41) is 21.8. The van der Waals surface area contributed by atoms with Crippen LogP contribution >= 0.6 is 0 Å². The number of nitrogens with zero attached hydrogens (tertiary/aromatic N) is 1. The Morgan fingerprint density at radius 1 is 1.06 bits per heavy atom. The van der Waals surface area contributed by atoms with Crippen LogP contribution in [-0.4, -0.2) is 46.3 Å². The molecule has 3 N–H and O–H groups in total. The Balaban J connectivity index is 0.000000572. The molecule has 36 heavy (non-hydrogen) atoms. The molecule has 2 aromatic carbocycles.